The molecule has 14 heteroatoms. The summed E-state index contributed by atoms with van der Waals surface area (Å²) in [6.45, 7) is -0.196. The number of halogens is 5. The highest BCUT2D eigenvalue weighted by atomic mass is 19.4. The van der Waals surface area contributed by atoms with Crippen molar-refractivity contribution in [3.63, 3.8) is 0 Å². The van der Waals surface area contributed by atoms with Crippen LogP contribution in [-0.4, -0.2) is 95.1 Å². The molecular weight excluding hydrogens is 577 g/mol. The van der Waals surface area contributed by atoms with Crippen LogP contribution in [0.3, 0.4) is 0 Å². The zero-order chi connectivity index (χ0) is 31.0. The average molecular weight is 610 g/mol. The number of aromatic nitrogens is 1. The molecule has 5 unspecified atom stereocenters. The van der Waals surface area contributed by atoms with Crippen LogP contribution in [-0.2, 0) is 31.7 Å². The van der Waals surface area contributed by atoms with Gasteiger partial charge in [-0.05, 0) is 56.0 Å². The highest BCUT2D eigenvalue weighted by Crippen LogP contribution is 2.48. The van der Waals surface area contributed by atoms with Gasteiger partial charge in [-0.2, -0.15) is 22.0 Å². The summed E-state index contributed by atoms with van der Waals surface area (Å²) in [7, 11) is 3.25. The maximum Gasteiger partial charge on any atom is 0.431 e. The number of hydrogen-bond acceptors (Lipinski definition) is 5. The standard InChI is InChI=1S/C19H18F5N3O.C10H14N2O3/c1-25-17(28)9-6-11-10-4-3-5-13-15(10)12(7-14(11)26(2)8-9)16(19(22,23)24)27(13)18(20)21;1-6-9(14)12-5-8(13)11-4-2-3-7(11)10(12)15-6/h3-6,9,14,18H,7-8H2,1-2H3,(H,25,28);6-7,10H,2-5H2,1H3. The second kappa shape index (κ2) is 10.6. The molecule has 7 rings (SSSR count). The predicted octanol–water partition coefficient (Wildman–Crippen LogP) is 3.24. The number of carbonyl (C=O) groups is 3. The van der Waals surface area contributed by atoms with Gasteiger partial charge in [-0.15, -0.1) is 0 Å². The van der Waals surface area contributed by atoms with Gasteiger partial charge in [0.15, 0.2) is 6.23 Å². The summed E-state index contributed by atoms with van der Waals surface area (Å²) < 4.78 is 74.2. The molecule has 0 saturated carbocycles. The highest BCUT2D eigenvalue weighted by Gasteiger charge is 2.51. The van der Waals surface area contributed by atoms with E-state index in [2.05, 4.69) is 5.32 Å². The van der Waals surface area contributed by atoms with E-state index in [1.54, 1.807) is 31.0 Å². The van der Waals surface area contributed by atoms with Crippen molar-refractivity contribution < 1.29 is 41.1 Å². The zero-order valence-electron chi connectivity index (χ0n) is 23.8. The molecule has 9 nitrogen and oxygen atoms in total. The Labute approximate surface area is 244 Å². The predicted molar refractivity (Wildman–Crippen MR) is 145 cm³/mol. The molecule has 5 aliphatic rings. The largest absolute Gasteiger partial charge is 0.431 e. The number of rotatable bonds is 2. The molecule has 5 heterocycles. The van der Waals surface area contributed by atoms with Crippen molar-refractivity contribution in [2.45, 2.75) is 63.3 Å². The second-order valence-electron chi connectivity index (χ2n) is 11.6. The van der Waals surface area contributed by atoms with E-state index in [0.717, 1.165) is 19.4 Å². The van der Waals surface area contributed by atoms with Crippen LogP contribution in [0, 0.1) is 5.92 Å². The summed E-state index contributed by atoms with van der Waals surface area (Å²) >= 11 is 0. The number of fused-ring (bicyclic) bond motifs is 5. The van der Waals surface area contributed by atoms with Crippen LogP contribution in [0.1, 0.15) is 43.1 Å². The molecule has 4 aliphatic heterocycles. The molecule has 1 aromatic carbocycles. The van der Waals surface area contributed by atoms with Crippen LogP contribution in [0.25, 0.3) is 16.5 Å². The Balaban J connectivity index is 0.000000183. The third-order valence-corrected chi connectivity index (χ3v) is 9.18. The number of nitrogens with zero attached hydrogens (tertiary/aromatic N) is 4. The Kier molecular flexibility index (Phi) is 7.27. The van der Waals surface area contributed by atoms with E-state index in [0.29, 0.717) is 17.7 Å². The molecule has 2 aromatic rings. The van der Waals surface area contributed by atoms with E-state index in [9.17, 15) is 36.3 Å². The summed E-state index contributed by atoms with van der Waals surface area (Å²) in [5.74, 6) is -0.631. The van der Waals surface area contributed by atoms with Crippen molar-refractivity contribution in [3.05, 3.63) is 41.1 Å². The molecule has 0 radical (unpaired) electrons. The van der Waals surface area contributed by atoms with Crippen LogP contribution in [0.15, 0.2) is 24.3 Å². The maximum absolute atomic E-state index is 13.7. The first-order valence-electron chi connectivity index (χ1n) is 14.2. The number of carbonyl (C=O) groups excluding carboxylic acids is 3. The molecule has 1 aromatic heterocycles. The van der Waals surface area contributed by atoms with Crippen molar-refractivity contribution in [1.29, 1.82) is 0 Å². The van der Waals surface area contributed by atoms with E-state index in [1.807, 2.05) is 9.80 Å². The number of ether oxygens (including phenoxy) is 1. The van der Waals surface area contributed by atoms with E-state index < -0.39 is 30.4 Å². The first-order chi connectivity index (χ1) is 20.3. The Morgan fingerprint density at radius 3 is 2.58 bits per heavy atom. The lowest BCUT2D eigenvalue weighted by Gasteiger charge is -2.39. The SMILES string of the molecule is CC1OC2C3CCCN3C(=O)CN2C1=O.CNC(=O)C1C=C2c3cccc4c3c(c(C(F)(F)F)n4C(F)F)CC2N(C)C1. The molecular formula is C29H32F5N5O4. The van der Waals surface area contributed by atoms with Gasteiger partial charge in [0.25, 0.3) is 5.91 Å². The van der Waals surface area contributed by atoms with Crippen molar-refractivity contribution in [2.75, 3.05) is 33.7 Å². The van der Waals surface area contributed by atoms with Gasteiger partial charge in [-0.3, -0.25) is 23.9 Å². The fourth-order valence-corrected chi connectivity index (χ4v) is 7.32. The number of amides is 3. The lowest BCUT2D eigenvalue weighted by Crippen LogP contribution is -2.58. The number of nitrogens with one attached hydrogen (secondary N) is 1. The van der Waals surface area contributed by atoms with Crippen molar-refractivity contribution in [2.24, 2.45) is 5.92 Å². The minimum absolute atomic E-state index is 0.0368. The summed E-state index contributed by atoms with van der Waals surface area (Å²) in [6, 6.07) is 4.09. The van der Waals surface area contributed by atoms with Crippen LogP contribution in [0.4, 0.5) is 22.0 Å². The molecule has 5 atom stereocenters. The lowest BCUT2D eigenvalue weighted by molar-refractivity contribution is -0.153. The number of likely N-dealkylation sites (N-methyl/N-ethyl adjacent to an activating group) is 1. The minimum Gasteiger partial charge on any atom is -0.359 e. The minimum atomic E-state index is -4.90. The van der Waals surface area contributed by atoms with Crippen LogP contribution in [0.2, 0.25) is 0 Å². The number of hydrogen-bond donors (Lipinski definition) is 1. The quantitative estimate of drug-likeness (QED) is 0.529. The molecule has 1 N–H and O–H groups in total. The Bertz CT molecular complexity index is 1520. The van der Waals surface area contributed by atoms with Gasteiger partial charge >= 0.3 is 12.7 Å². The van der Waals surface area contributed by atoms with Crippen LogP contribution in [0.5, 0.6) is 0 Å². The molecule has 0 bridgehead atoms. The topological polar surface area (TPSA) is 87.1 Å². The Hall–Kier alpha value is -3.52. The van der Waals surface area contributed by atoms with E-state index >= 15 is 0 Å². The zero-order valence-corrected chi connectivity index (χ0v) is 23.8. The van der Waals surface area contributed by atoms with Gasteiger partial charge < -0.3 is 19.9 Å². The van der Waals surface area contributed by atoms with Gasteiger partial charge in [0.2, 0.25) is 11.8 Å². The normalized spacial score (nSPS) is 28.4. The summed E-state index contributed by atoms with van der Waals surface area (Å²) in [4.78, 5) is 40.9. The van der Waals surface area contributed by atoms with Crippen molar-refractivity contribution >= 4 is 34.2 Å². The van der Waals surface area contributed by atoms with E-state index in [-0.39, 0.29) is 70.1 Å². The molecule has 0 spiro atoms. The molecule has 3 fully saturated rings. The summed E-state index contributed by atoms with van der Waals surface area (Å²) in [5, 5.41) is 2.78. The monoisotopic (exact) mass is 609 g/mol. The number of piperazine rings is 1. The smallest absolute Gasteiger partial charge is 0.359 e. The first kappa shape index (κ1) is 29.5. The van der Waals surface area contributed by atoms with Crippen LogP contribution >= 0.6 is 0 Å². The molecule has 43 heavy (non-hydrogen) atoms. The second-order valence-corrected chi connectivity index (χ2v) is 11.6. The highest BCUT2D eigenvalue weighted by molar-refractivity contribution is 6.00. The molecule has 232 valence electrons. The molecule has 3 amide bonds. The third-order valence-electron chi connectivity index (χ3n) is 9.18. The fraction of sp³-hybridized carbons (Fsp3) is 0.552. The maximum atomic E-state index is 13.7. The van der Waals surface area contributed by atoms with Crippen LogP contribution < -0.4 is 5.32 Å². The number of benzene rings is 1. The molecule has 3 saturated heterocycles. The third kappa shape index (κ3) is 4.69. The fourth-order valence-electron chi connectivity index (χ4n) is 7.32. The van der Waals surface area contributed by atoms with Gasteiger partial charge in [0, 0.05) is 31.6 Å². The van der Waals surface area contributed by atoms with Crippen molar-refractivity contribution in [1.82, 2.24) is 24.6 Å². The Morgan fingerprint density at radius 2 is 1.91 bits per heavy atom. The van der Waals surface area contributed by atoms with Gasteiger partial charge in [-0.25, -0.2) is 0 Å². The van der Waals surface area contributed by atoms with Crippen molar-refractivity contribution in [3.8, 4) is 0 Å². The lowest BCUT2D eigenvalue weighted by atomic mass is 9.79. The van der Waals surface area contributed by atoms with E-state index in [4.69, 9.17) is 4.74 Å². The number of alkyl halides is 5. The summed E-state index contributed by atoms with van der Waals surface area (Å²) in [5.41, 5.74) is -0.342. The van der Waals surface area contributed by atoms with E-state index in [1.165, 1.54) is 19.2 Å². The molecule has 1 aliphatic carbocycles. The average Bonchev–Trinajstić information content (AvgIpc) is 3.65. The van der Waals surface area contributed by atoms with Gasteiger partial charge in [0.1, 0.15) is 18.3 Å². The van der Waals surface area contributed by atoms with Gasteiger partial charge in [-0.1, -0.05) is 18.2 Å². The Morgan fingerprint density at radius 1 is 1.16 bits per heavy atom. The first-order valence-corrected chi connectivity index (χ1v) is 14.2. The summed E-state index contributed by atoms with van der Waals surface area (Å²) in [6.07, 6.45) is -1.78. The van der Waals surface area contributed by atoms with Gasteiger partial charge in [0.05, 0.1) is 17.5 Å².